The summed E-state index contributed by atoms with van der Waals surface area (Å²) in [7, 11) is 0. The molecule has 0 radical (unpaired) electrons. The van der Waals surface area contributed by atoms with E-state index in [4.69, 9.17) is 26.1 Å². The number of pyridine rings is 1. The van der Waals surface area contributed by atoms with Crippen LogP contribution in [0.25, 0.3) is 11.0 Å². The smallest absolute Gasteiger partial charge is 0.225 e. The molecule has 7 nitrogen and oxygen atoms in total. The summed E-state index contributed by atoms with van der Waals surface area (Å²) in [4.78, 5) is 24.2. The van der Waals surface area contributed by atoms with Gasteiger partial charge >= 0.3 is 0 Å². The second-order valence-corrected chi connectivity index (χ2v) is 9.27. The van der Waals surface area contributed by atoms with Crippen LogP contribution in [0.5, 0.6) is 17.2 Å². The Hall–Kier alpha value is -3.58. The van der Waals surface area contributed by atoms with Gasteiger partial charge in [0.1, 0.15) is 35.0 Å². The van der Waals surface area contributed by atoms with Crippen molar-refractivity contribution in [3.63, 3.8) is 0 Å². The third-order valence-corrected chi connectivity index (χ3v) is 7.16. The fraction of sp³-hybridized carbons (Fsp3) is 0.240. The Morgan fingerprint density at radius 2 is 2.06 bits per heavy atom. The van der Waals surface area contributed by atoms with Gasteiger partial charge < -0.3 is 19.8 Å². The molecule has 1 fully saturated rings. The summed E-state index contributed by atoms with van der Waals surface area (Å²) in [5.41, 5.74) is 4.94. The number of H-pyrrole nitrogens is 1. The quantitative estimate of drug-likeness (QED) is 0.438. The maximum Gasteiger partial charge on any atom is 0.225 e. The Balaban J connectivity index is 1.18. The van der Waals surface area contributed by atoms with Gasteiger partial charge in [-0.3, -0.25) is 4.79 Å². The van der Waals surface area contributed by atoms with Crippen LogP contribution in [0, 0.1) is 6.92 Å². The van der Waals surface area contributed by atoms with Crippen molar-refractivity contribution in [1.29, 1.82) is 0 Å². The van der Waals surface area contributed by atoms with E-state index in [2.05, 4.69) is 21.4 Å². The van der Waals surface area contributed by atoms with Crippen LogP contribution < -0.4 is 14.8 Å². The summed E-state index contributed by atoms with van der Waals surface area (Å²) in [6.07, 6.45) is 2.77. The topological polar surface area (TPSA) is 89.1 Å². The molecule has 0 saturated heterocycles. The summed E-state index contributed by atoms with van der Waals surface area (Å²) in [6, 6.07) is 11.7. The van der Waals surface area contributed by atoms with E-state index in [0.29, 0.717) is 24.4 Å². The summed E-state index contributed by atoms with van der Waals surface area (Å²) in [5, 5.41) is 3.53. The molecule has 0 bridgehead atoms. The first-order valence-electron chi connectivity index (χ1n) is 11.0. The molecule has 4 aromatic rings. The molecule has 1 amide bonds. The number of aromatic amines is 1. The normalized spacial score (nSPS) is 22.2. The number of benzene rings is 2. The Morgan fingerprint density at radius 3 is 2.97 bits per heavy atom. The second-order valence-electron chi connectivity index (χ2n) is 8.86. The fourth-order valence-corrected chi connectivity index (χ4v) is 5.19. The largest absolute Gasteiger partial charge is 0.489 e. The number of imidazole rings is 1. The third-order valence-electron chi connectivity index (χ3n) is 6.75. The number of hydrogen-bond acceptors (Lipinski definition) is 5. The van der Waals surface area contributed by atoms with E-state index in [1.165, 1.54) is 0 Å². The van der Waals surface area contributed by atoms with Crippen LogP contribution in [0.15, 0.2) is 42.6 Å². The van der Waals surface area contributed by atoms with Crippen LogP contribution in [-0.2, 0) is 11.2 Å². The van der Waals surface area contributed by atoms with Gasteiger partial charge in [-0.1, -0.05) is 11.6 Å². The second kappa shape index (κ2) is 6.71. The highest BCUT2D eigenvalue weighted by Crippen LogP contribution is 2.63. The first kappa shape index (κ1) is 18.9. The highest BCUT2D eigenvalue weighted by Gasteiger charge is 2.61. The van der Waals surface area contributed by atoms with Crippen molar-refractivity contribution < 1.29 is 14.3 Å². The third kappa shape index (κ3) is 2.92. The number of amides is 1. The van der Waals surface area contributed by atoms with E-state index in [-0.39, 0.29) is 23.8 Å². The zero-order chi connectivity index (χ0) is 22.3. The van der Waals surface area contributed by atoms with E-state index in [0.717, 1.165) is 50.1 Å². The molecule has 1 aliphatic carbocycles. The van der Waals surface area contributed by atoms with Crippen molar-refractivity contribution in [1.82, 2.24) is 15.0 Å². The van der Waals surface area contributed by atoms with Gasteiger partial charge in [0.05, 0.1) is 17.0 Å². The maximum absolute atomic E-state index is 11.7. The molecule has 4 heterocycles. The van der Waals surface area contributed by atoms with Crippen molar-refractivity contribution in [3.8, 4) is 17.2 Å². The molecule has 0 unspecified atom stereocenters. The fourth-order valence-electron chi connectivity index (χ4n) is 5.03. The molecule has 164 valence electrons. The Labute approximate surface area is 194 Å². The number of halogens is 1. The van der Waals surface area contributed by atoms with Gasteiger partial charge in [-0.25, -0.2) is 9.97 Å². The summed E-state index contributed by atoms with van der Waals surface area (Å²) < 4.78 is 12.4. The van der Waals surface area contributed by atoms with Gasteiger partial charge in [0.2, 0.25) is 5.91 Å². The van der Waals surface area contributed by atoms with Crippen LogP contribution in [0.2, 0.25) is 5.02 Å². The number of aryl methyl sites for hydroxylation is 1. The monoisotopic (exact) mass is 458 g/mol. The SMILES string of the molecule is Cc1cc2[nH]c([C@@H]3[C@H]4Oc5ccc(Oc6ccnc7c6CCC(=O)N7)cc5[C@H]43)nc2cc1Cl. The number of aromatic nitrogens is 3. The minimum absolute atomic E-state index is 0.0179. The Kier molecular flexibility index (Phi) is 3.85. The number of carbonyl (C=O) groups excluding carboxylic acids is 1. The first-order chi connectivity index (χ1) is 16.0. The number of hydrogen-bond donors (Lipinski definition) is 2. The number of rotatable bonds is 3. The highest BCUT2D eigenvalue weighted by molar-refractivity contribution is 6.32. The number of anilines is 1. The number of nitrogens with one attached hydrogen (secondary N) is 2. The van der Waals surface area contributed by atoms with Crippen LogP contribution in [0.3, 0.4) is 0 Å². The van der Waals surface area contributed by atoms with E-state index >= 15 is 0 Å². The molecule has 2 aliphatic heterocycles. The summed E-state index contributed by atoms with van der Waals surface area (Å²) in [6.45, 7) is 1.99. The zero-order valence-electron chi connectivity index (χ0n) is 17.7. The average molecular weight is 459 g/mol. The minimum atomic E-state index is -0.0179. The van der Waals surface area contributed by atoms with Gasteiger partial charge in [0.25, 0.3) is 0 Å². The van der Waals surface area contributed by atoms with Crippen LogP contribution in [0.4, 0.5) is 5.82 Å². The molecule has 0 spiro atoms. The van der Waals surface area contributed by atoms with Crippen LogP contribution >= 0.6 is 11.6 Å². The molecule has 2 aromatic carbocycles. The summed E-state index contributed by atoms with van der Waals surface area (Å²) >= 11 is 6.27. The van der Waals surface area contributed by atoms with Gasteiger partial charge in [-0.2, -0.15) is 0 Å². The number of nitrogens with zero attached hydrogens (tertiary/aromatic N) is 2. The summed E-state index contributed by atoms with van der Waals surface area (Å²) in [5.74, 6) is 4.26. The predicted molar refractivity (Wildman–Crippen MR) is 123 cm³/mol. The van der Waals surface area contributed by atoms with Gasteiger partial charge in [0, 0.05) is 34.7 Å². The number of carbonyl (C=O) groups is 1. The molecule has 2 aromatic heterocycles. The van der Waals surface area contributed by atoms with E-state index in [1.807, 2.05) is 37.3 Å². The van der Waals surface area contributed by atoms with Gasteiger partial charge in [-0.15, -0.1) is 0 Å². The Bertz CT molecular complexity index is 1440. The van der Waals surface area contributed by atoms with Gasteiger partial charge in [0.15, 0.2) is 0 Å². The zero-order valence-corrected chi connectivity index (χ0v) is 18.4. The van der Waals surface area contributed by atoms with Crippen molar-refractivity contribution in [2.75, 3.05) is 5.32 Å². The van der Waals surface area contributed by atoms with Gasteiger partial charge in [-0.05, 0) is 55.3 Å². The lowest BCUT2D eigenvalue weighted by molar-refractivity contribution is -0.116. The standard InChI is InChI=1S/C25H19ClN4O3/c1-11-8-16-17(10-15(11)26)29-25(28-16)22-21-14-9-12(2-4-18(14)33-23(21)22)32-19-6-7-27-24-13(19)3-5-20(31)30-24/h2,4,6-10,21-23H,3,5H2,1H3,(H,28,29)(H,27,30,31)/t21-,22-,23-/m0/s1. The highest BCUT2D eigenvalue weighted by atomic mass is 35.5. The lowest BCUT2D eigenvalue weighted by Gasteiger charge is -2.19. The maximum atomic E-state index is 11.7. The number of ether oxygens (including phenoxy) is 2. The molecule has 8 heteroatoms. The molecule has 1 saturated carbocycles. The van der Waals surface area contributed by atoms with Crippen molar-refractivity contribution in [2.45, 2.75) is 37.7 Å². The van der Waals surface area contributed by atoms with Crippen molar-refractivity contribution in [2.24, 2.45) is 0 Å². The molecule has 7 rings (SSSR count). The lowest BCUT2D eigenvalue weighted by Crippen LogP contribution is -2.20. The molecule has 3 atom stereocenters. The number of fused-ring (bicyclic) bond motifs is 5. The molecule has 33 heavy (non-hydrogen) atoms. The van der Waals surface area contributed by atoms with Crippen molar-refractivity contribution >= 4 is 34.4 Å². The van der Waals surface area contributed by atoms with Crippen molar-refractivity contribution in [3.05, 3.63) is 70.1 Å². The first-order valence-corrected chi connectivity index (χ1v) is 11.3. The Morgan fingerprint density at radius 1 is 1.15 bits per heavy atom. The molecule has 2 N–H and O–H groups in total. The molecular formula is C25H19ClN4O3. The van der Waals surface area contributed by atoms with Crippen LogP contribution in [0.1, 0.15) is 40.8 Å². The lowest BCUT2D eigenvalue weighted by atomic mass is 10.1. The van der Waals surface area contributed by atoms with E-state index < -0.39 is 0 Å². The molecular weight excluding hydrogens is 440 g/mol. The van der Waals surface area contributed by atoms with Crippen LogP contribution in [-0.4, -0.2) is 27.0 Å². The van der Waals surface area contributed by atoms with E-state index in [1.54, 1.807) is 6.20 Å². The minimum Gasteiger partial charge on any atom is -0.489 e. The van der Waals surface area contributed by atoms with E-state index in [9.17, 15) is 4.79 Å². The molecule has 3 aliphatic rings. The predicted octanol–water partition coefficient (Wildman–Crippen LogP) is 5.24. The average Bonchev–Trinajstić information content (AvgIpc) is 3.15.